The van der Waals surface area contributed by atoms with E-state index < -0.39 is 0 Å². The van der Waals surface area contributed by atoms with Crippen LogP contribution >= 0.6 is 0 Å². The molecule has 0 unspecified atom stereocenters. The minimum atomic E-state index is 0.657. The van der Waals surface area contributed by atoms with Gasteiger partial charge in [-0.05, 0) is 36.2 Å². The Hall–Kier alpha value is -5.15. The van der Waals surface area contributed by atoms with Crippen LogP contribution < -0.4 is 5.32 Å². The number of fused-ring (bicyclic) bond motifs is 2. The molecule has 0 aliphatic heterocycles. The van der Waals surface area contributed by atoms with E-state index in [0.29, 0.717) is 5.65 Å². The highest BCUT2D eigenvalue weighted by Crippen LogP contribution is 2.32. The molecule has 7 aromatic rings. The van der Waals surface area contributed by atoms with Gasteiger partial charge in [0.1, 0.15) is 0 Å². The zero-order valence-corrected chi connectivity index (χ0v) is 21.3. The lowest BCUT2D eigenvalue weighted by atomic mass is 10.1. The van der Waals surface area contributed by atoms with Crippen molar-refractivity contribution >= 4 is 21.9 Å². The zero-order valence-electron chi connectivity index (χ0n) is 21.3. The lowest BCUT2D eigenvalue weighted by Crippen LogP contribution is -2.12. The number of aryl methyl sites for hydroxylation is 1. The molecule has 1 aromatic carbocycles. The van der Waals surface area contributed by atoms with Crippen LogP contribution in [0, 0.1) is 6.92 Å². The first-order chi connectivity index (χ1) is 19.2. The molecule has 0 amide bonds. The van der Waals surface area contributed by atoms with Crippen molar-refractivity contribution in [2.45, 2.75) is 20.0 Å². The van der Waals surface area contributed by atoms with Gasteiger partial charge in [0.05, 0.1) is 47.0 Å². The van der Waals surface area contributed by atoms with E-state index in [0.717, 1.165) is 68.8 Å². The Kier molecular flexibility index (Phi) is 5.68. The van der Waals surface area contributed by atoms with Crippen LogP contribution in [-0.4, -0.2) is 39.7 Å². The maximum Gasteiger partial charge on any atom is 0.181 e. The van der Waals surface area contributed by atoms with Gasteiger partial charge in [-0.2, -0.15) is 5.10 Å². The summed E-state index contributed by atoms with van der Waals surface area (Å²) in [5.74, 6) is 0. The van der Waals surface area contributed by atoms with Crippen molar-refractivity contribution in [1.82, 2.24) is 45.0 Å². The van der Waals surface area contributed by atoms with E-state index in [1.807, 2.05) is 54.7 Å². The van der Waals surface area contributed by atoms with Gasteiger partial charge in [-0.25, -0.2) is 9.97 Å². The number of pyridine rings is 3. The maximum atomic E-state index is 4.63. The third-order valence-corrected chi connectivity index (χ3v) is 6.82. The fraction of sp³-hybridized carbons (Fsp3) is 0.100. The summed E-state index contributed by atoms with van der Waals surface area (Å²) in [6, 6.07) is 16.8. The molecule has 39 heavy (non-hydrogen) atoms. The summed E-state index contributed by atoms with van der Waals surface area (Å²) in [4.78, 5) is 21.4. The average molecular weight is 512 g/mol. The molecule has 9 nitrogen and oxygen atoms in total. The Bertz CT molecular complexity index is 1910. The van der Waals surface area contributed by atoms with E-state index in [1.54, 1.807) is 6.33 Å². The maximum absolute atomic E-state index is 4.63. The monoisotopic (exact) mass is 511 g/mol. The van der Waals surface area contributed by atoms with Crippen molar-refractivity contribution in [1.29, 1.82) is 0 Å². The van der Waals surface area contributed by atoms with Crippen molar-refractivity contribution < 1.29 is 0 Å². The van der Waals surface area contributed by atoms with Crippen molar-refractivity contribution in [2.75, 3.05) is 0 Å². The van der Waals surface area contributed by atoms with E-state index in [9.17, 15) is 0 Å². The number of aromatic nitrogens is 8. The summed E-state index contributed by atoms with van der Waals surface area (Å²) in [5.41, 5.74) is 9.64. The minimum Gasteiger partial charge on any atom is -0.352 e. The Morgan fingerprint density at radius 3 is 2.54 bits per heavy atom. The Morgan fingerprint density at radius 2 is 1.67 bits per heavy atom. The van der Waals surface area contributed by atoms with Gasteiger partial charge < -0.3 is 14.9 Å². The fourth-order valence-corrected chi connectivity index (χ4v) is 4.88. The number of H-pyrrole nitrogens is 2. The number of nitrogens with one attached hydrogen (secondary N) is 3. The first-order valence-corrected chi connectivity index (χ1v) is 12.7. The second-order valence-corrected chi connectivity index (χ2v) is 9.59. The first kappa shape index (κ1) is 23.0. The number of benzene rings is 1. The van der Waals surface area contributed by atoms with Crippen LogP contribution in [0.4, 0.5) is 0 Å². The number of aromatic amines is 2. The van der Waals surface area contributed by atoms with E-state index >= 15 is 0 Å². The third-order valence-electron chi connectivity index (χ3n) is 6.82. The van der Waals surface area contributed by atoms with Gasteiger partial charge in [-0.3, -0.25) is 15.1 Å². The standard InChI is InChI=1S/C30H25N9/c1-19-17-39(18-35-19)28-16-33-15-27-24(28)9-26(36-27)29-25-8-23(14-34-30(25)38-37-29)22-7-21(12-32-13-22)11-31-10-20-5-3-2-4-6-20/h2-9,12-18,31,36H,10-11H2,1H3,(H,34,37,38). The molecule has 0 saturated carbocycles. The molecule has 0 spiro atoms. The molecule has 0 fully saturated rings. The molecule has 0 atom stereocenters. The second kappa shape index (κ2) is 9.62. The fourth-order valence-electron chi connectivity index (χ4n) is 4.88. The Balaban J connectivity index is 1.20. The van der Waals surface area contributed by atoms with Crippen LogP contribution in [0.2, 0.25) is 0 Å². The van der Waals surface area contributed by atoms with Gasteiger partial charge in [0.2, 0.25) is 0 Å². The van der Waals surface area contributed by atoms with Gasteiger partial charge in [0, 0.05) is 59.8 Å². The summed E-state index contributed by atoms with van der Waals surface area (Å²) in [5, 5.41) is 13.1. The molecule has 6 aromatic heterocycles. The average Bonchev–Trinajstić information content (AvgIpc) is 3.71. The number of hydrogen-bond donors (Lipinski definition) is 3. The largest absolute Gasteiger partial charge is 0.352 e. The highest BCUT2D eigenvalue weighted by molar-refractivity contribution is 5.97. The number of rotatable bonds is 7. The van der Waals surface area contributed by atoms with Crippen LogP contribution in [0.1, 0.15) is 16.8 Å². The lowest BCUT2D eigenvalue weighted by Gasteiger charge is -2.07. The molecule has 9 heteroatoms. The van der Waals surface area contributed by atoms with Crippen molar-refractivity contribution in [2.24, 2.45) is 0 Å². The smallest absolute Gasteiger partial charge is 0.181 e. The Labute approximate surface area is 224 Å². The SMILES string of the molecule is Cc1cn(-c2cncc3[nH]c(-c4[nH]nc5ncc(-c6cncc(CNCc7ccccc7)c6)cc45)cc23)cn1. The molecule has 0 aliphatic carbocycles. The summed E-state index contributed by atoms with van der Waals surface area (Å²) in [6.45, 7) is 3.50. The highest BCUT2D eigenvalue weighted by Gasteiger charge is 2.15. The zero-order chi connectivity index (χ0) is 26.2. The van der Waals surface area contributed by atoms with Crippen LogP contribution in [-0.2, 0) is 13.1 Å². The van der Waals surface area contributed by atoms with Gasteiger partial charge in [0.25, 0.3) is 0 Å². The number of nitrogens with zero attached hydrogens (tertiary/aromatic N) is 6. The molecule has 0 saturated heterocycles. The molecule has 0 radical (unpaired) electrons. The van der Waals surface area contributed by atoms with E-state index in [2.05, 4.69) is 82.9 Å². The van der Waals surface area contributed by atoms with Crippen LogP contribution in [0.15, 0.2) is 92.0 Å². The number of hydrogen-bond acceptors (Lipinski definition) is 6. The topological polar surface area (TPSA) is 113 Å². The lowest BCUT2D eigenvalue weighted by molar-refractivity contribution is 0.691. The van der Waals surface area contributed by atoms with Crippen LogP contribution in [0.25, 0.3) is 50.1 Å². The van der Waals surface area contributed by atoms with E-state index in [-0.39, 0.29) is 0 Å². The molecule has 190 valence electrons. The molecule has 3 N–H and O–H groups in total. The molecule has 7 rings (SSSR count). The molecule has 0 aliphatic rings. The second-order valence-electron chi connectivity index (χ2n) is 9.59. The van der Waals surface area contributed by atoms with Gasteiger partial charge in [0.15, 0.2) is 5.65 Å². The predicted octanol–water partition coefficient (Wildman–Crippen LogP) is 5.35. The number of imidazole rings is 1. The van der Waals surface area contributed by atoms with Crippen molar-refractivity contribution in [3.05, 3.63) is 109 Å². The quantitative estimate of drug-likeness (QED) is 0.266. The summed E-state index contributed by atoms with van der Waals surface area (Å²) < 4.78 is 1.99. The van der Waals surface area contributed by atoms with Crippen molar-refractivity contribution in [3.63, 3.8) is 0 Å². The van der Waals surface area contributed by atoms with E-state index in [4.69, 9.17) is 0 Å². The molecule has 0 bridgehead atoms. The van der Waals surface area contributed by atoms with Gasteiger partial charge in [-0.1, -0.05) is 30.3 Å². The molecular weight excluding hydrogens is 486 g/mol. The van der Waals surface area contributed by atoms with Crippen LogP contribution in [0.5, 0.6) is 0 Å². The minimum absolute atomic E-state index is 0.657. The van der Waals surface area contributed by atoms with Gasteiger partial charge >= 0.3 is 0 Å². The Morgan fingerprint density at radius 1 is 0.821 bits per heavy atom. The molecular formula is C30H25N9. The van der Waals surface area contributed by atoms with Crippen molar-refractivity contribution in [3.8, 4) is 28.2 Å². The normalized spacial score (nSPS) is 11.5. The summed E-state index contributed by atoms with van der Waals surface area (Å²) >= 11 is 0. The highest BCUT2D eigenvalue weighted by atomic mass is 15.2. The first-order valence-electron chi connectivity index (χ1n) is 12.7. The predicted molar refractivity (Wildman–Crippen MR) is 151 cm³/mol. The molecule has 6 heterocycles. The summed E-state index contributed by atoms with van der Waals surface area (Å²) in [7, 11) is 0. The summed E-state index contributed by atoms with van der Waals surface area (Å²) in [6.07, 6.45) is 13.1. The third kappa shape index (κ3) is 4.45. The van der Waals surface area contributed by atoms with E-state index in [1.165, 1.54) is 5.56 Å². The van der Waals surface area contributed by atoms with Crippen LogP contribution in [0.3, 0.4) is 0 Å². The van der Waals surface area contributed by atoms with Gasteiger partial charge in [-0.15, -0.1) is 0 Å².